The molecule has 3 rings (SSSR count). The van der Waals surface area contributed by atoms with Crippen molar-refractivity contribution in [2.24, 2.45) is 5.16 Å². The highest BCUT2D eigenvalue weighted by Gasteiger charge is 2.19. The first-order valence-corrected chi connectivity index (χ1v) is 9.10. The summed E-state index contributed by atoms with van der Waals surface area (Å²) in [5.74, 6) is 0.929. The van der Waals surface area contributed by atoms with Gasteiger partial charge in [-0.1, -0.05) is 17.3 Å². The maximum atomic E-state index is 9.23. The van der Waals surface area contributed by atoms with Gasteiger partial charge in [0, 0.05) is 44.7 Å². The summed E-state index contributed by atoms with van der Waals surface area (Å²) >= 11 is 1.62. The average molecular weight is 345 g/mol. The molecule has 0 aliphatic carbocycles. The fraction of sp³-hybridized carbons (Fsp3) is 0.389. The SMILES string of the molecule is COc1ccccc1N1CCN(CC/C(=N\O)c2ccsc2)CC1. The van der Waals surface area contributed by atoms with Crippen molar-refractivity contribution in [2.45, 2.75) is 6.42 Å². The smallest absolute Gasteiger partial charge is 0.142 e. The molecule has 1 aliphatic rings. The van der Waals surface area contributed by atoms with Crippen molar-refractivity contribution in [3.8, 4) is 5.75 Å². The molecule has 0 saturated carbocycles. The third-order valence-corrected chi connectivity index (χ3v) is 5.12. The van der Waals surface area contributed by atoms with Crippen LogP contribution in [0.15, 0.2) is 46.2 Å². The highest BCUT2D eigenvalue weighted by Crippen LogP contribution is 2.28. The standard InChI is InChI=1S/C18H23N3O2S/c1-23-18-5-3-2-4-17(18)21-11-9-20(10-12-21)8-6-16(19-22)15-7-13-24-14-15/h2-5,7,13-14,22H,6,8-12H2,1H3/b19-16+. The number of oxime groups is 1. The van der Waals surface area contributed by atoms with Gasteiger partial charge in [0.2, 0.25) is 0 Å². The minimum atomic E-state index is 0.766. The number of methoxy groups -OCH3 is 1. The first-order valence-electron chi connectivity index (χ1n) is 8.15. The van der Waals surface area contributed by atoms with Crippen LogP contribution in [0.2, 0.25) is 0 Å². The van der Waals surface area contributed by atoms with Crippen LogP contribution < -0.4 is 9.64 Å². The van der Waals surface area contributed by atoms with Gasteiger partial charge in [0.05, 0.1) is 18.5 Å². The lowest BCUT2D eigenvalue weighted by Gasteiger charge is -2.36. The Morgan fingerprint density at radius 1 is 1.21 bits per heavy atom. The molecule has 0 radical (unpaired) electrons. The van der Waals surface area contributed by atoms with Gasteiger partial charge in [-0.2, -0.15) is 11.3 Å². The predicted octanol–water partition coefficient (Wildman–Crippen LogP) is 3.15. The van der Waals surface area contributed by atoms with Crippen LogP contribution in [0.5, 0.6) is 5.75 Å². The number of anilines is 1. The molecular formula is C18H23N3O2S. The zero-order chi connectivity index (χ0) is 16.8. The highest BCUT2D eigenvalue weighted by atomic mass is 32.1. The molecule has 1 N–H and O–H groups in total. The zero-order valence-corrected chi connectivity index (χ0v) is 14.7. The Balaban J connectivity index is 1.52. The Hall–Kier alpha value is -2.05. The molecule has 1 aromatic carbocycles. The van der Waals surface area contributed by atoms with Crippen molar-refractivity contribution >= 4 is 22.7 Å². The van der Waals surface area contributed by atoms with Crippen LogP contribution in [-0.2, 0) is 0 Å². The van der Waals surface area contributed by atoms with Gasteiger partial charge in [0.25, 0.3) is 0 Å². The molecule has 0 spiro atoms. The topological polar surface area (TPSA) is 48.3 Å². The number of para-hydroxylation sites is 2. The van der Waals surface area contributed by atoms with Crippen LogP contribution in [0.4, 0.5) is 5.69 Å². The Morgan fingerprint density at radius 2 is 2.00 bits per heavy atom. The van der Waals surface area contributed by atoms with Crippen LogP contribution in [0, 0.1) is 0 Å². The quantitative estimate of drug-likeness (QED) is 0.496. The van der Waals surface area contributed by atoms with Gasteiger partial charge in [-0.3, -0.25) is 4.90 Å². The molecule has 1 fully saturated rings. The maximum Gasteiger partial charge on any atom is 0.142 e. The van der Waals surface area contributed by atoms with Gasteiger partial charge in [-0.15, -0.1) is 0 Å². The molecule has 0 bridgehead atoms. The number of piperazine rings is 1. The van der Waals surface area contributed by atoms with E-state index in [0.717, 1.165) is 61.9 Å². The molecule has 0 unspecified atom stereocenters. The number of ether oxygens (including phenoxy) is 1. The molecule has 1 saturated heterocycles. The molecule has 2 aromatic rings. The first kappa shape index (κ1) is 16.8. The van der Waals surface area contributed by atoms with E-state index in [1.165, 1.54) is 0 Å². The van der Waals surface area contributed by atoms with Gasteiger partial charge in [0.1, 0.15) is 5.75 Å². The molecule has 5 nitrogen and oxygen atoms in total. The van der Waals surface area contributed by atoms with Crippen molar-refractivity contribution in [2.75, 3.05) is 44.7 Å². The molecule has 0 amide bonds. The number of thiophene rings is 1. The van der Waals surface area contributed by atoms with Crippen LogP contribution in [0.1, 0.15) is 12.0 Å². The zero-order valence-electron chi connectivity index (χ0n) is 13.9. The lowest BCUT2D eigenvalue weighted by Crippen LogP contribution is -2.47. The molecule has 0 atom stereocenters. The third kappa shape index (κ3) is 3.88. The van der Waals surface area contributed by atoms with E-state index in [1.54, 1.807) is 18.4 Å². The minimum absolute atomic E-state index is 0.766. The van der Waals surface area contributed by atoms with E-state index in [0.29, 0.717) is 0 Å². The first-order chi connectivity index (χ1) is 11.8. The van der Waals surface area contributed by atoms with E-state index < -0.39 is 0 Å². The van der Waals surface area contributed by atoms with Crippen LogP contribution in [0.25, 0.3) is 0 Å². The molecule has 128 valence electrons. The summed E-state index contributed by atoms with van der Waals surface area (Å²) in [5, 5.41) is 16.7. The van der Waals surface area contributed by atoms with Crippen LogP contribution >= 0.6 is 11.3 Å². The summed E-state index contributed by atoms with van der Waals surface area (Å²) in [6.45, 7) is 4.87. The highest BCUT2D eigenvalue weighted by molar-refractivity contribution is 7.08. The second-order valence-corrected chi connectivity index (χ2v) is 6.59. The molecule has 1 aliphatic heterocycles. The van der Waals surface area contributed by atoms with Crippen molar-refractivity contribution in [3.63, 3.8) is 0 Å². The van der Waals surface area contributed by atoms with Crippen molar-refractivity contribution in [1.82, 2.24) is 4.90 Å². The fourth-order valence-electron chi connectivity index (χ4n) is 3.05. The fourth-order valence-corrected chi connectivity index (χ4v) is 3.71. The van der Waals surface area contributed by atoms with Crippen molar-refractivity contribution < 1.29 is 9.94 Å². The minimum Gasteiger partial charge on any atom is -0.495 e. The normalized spacial score (nSPS) is 16.4. The van der Waals surface area contributed by atoms with Gasteiger partial charge in [-0.05, 0) is 29.0 Å². The van der Waals surface area contributed by atoms with Crippen LogP contribution in [-0.4, -0.2) is 55.7 Å². The van der Waals surface area contributed by atoms with E-state index in [1.807, 2.05) is 29.0 Å². The monoisotopic (exact) mass is 345 g/mol. The second-order valence-electron chi connectivity index (χ2n) is 5.81. The molecular weight excluding hydrogens is 322 g/mol. The molecule has 2 heterocycles. The molecule has 1 aromatic heterocycles. The lowest BCUT2D eigenvalue weighted by atomic mass is 10.1. The summed E-state index contributed by atoms with van der Waals surface area (Å²) in [7, 11) is 1.72. The van der Waals surface area contributed by atoms with Gasteiger partial charge >= 0.3 is 0 Å². The largest absolute Gasteiger partial charge is 0.495 e. The maximum absolute atomic E-state index is 9.23. The number of rotatable bonds is 6. The van der Waals surface area contributed by atoms with E-state index in [2.05, 4.69) is 27.1 Å². The molecule has 6 heteroatoms. The Morgan fingerprint density at radius 3 is 2.67 bits per heavy atom. The second kappa shape index (κ2) is 8.17. The molecule has 24 heavy (non-hydrogen) atoms. The average Bonchev–Trinajstić information content (AvgIpc) is 3.17. The number of nitrogens with zero attached hydrogens (tertiary/aromatic N) is 3. The van der Waals surface area contributed by atoms with E-state index in [-0.39, 0.29) is 0 Å². The Labute approximate surface area is 146 Å². The Kier molecular flexibility index (Phi) is 5.72. The summed E-state index contributed by atoms with van der Waals surface area (Å²) in [4.78, 5) is 4.79. The van der Waals surface area contributed by atoms with E-state index in [9.17, 15) is 5.21 Å². The summed E-state index contributed by atoms with van der Waals surface area (Å²) in [6, 6.07) is 10.2. The van der Waals surface area contributed by atoms with E-state index in [4.69, 9.17) is 4.74 Å². The van der Waals surface area contributed by atoms with Gasteiger partial charge < -0.3 is 14.8 Å². The number of benzene rings is 1. The van der Waals surface area contributed by atoms with Crippen LogP contribution in [0.3, 0.4) is 0 Å². The summed E-state index contributed by atoms with van der Waals surface area (Å²) < 4.78 is 5.46. The lowest BCUT2D eigenvalue weighted by molar-refractivity contribution is 0.262. The summed E-state index contributed by atoms with van der Waals surface area (Å²) in [5.41, 5.74) is 2.95. The van der Waals surface area contributed by atoms with Crippen molar-refractivity contribution in [1.29, 1.82) is 0 Å². The van der Waals surface area contributed by atoms with Gasteiger partial charge in [-0.25, -0.2) is 0 Å². The summed E-state index contributed by atoms with van der Waals surface area (Å²) in [6.07, 6.45) is 0.766. The Bertz CT molecular complexity index is 665. The van der Waals surface area contributed by atoms with E-state index >= 15 is 0 Å². The number of hydrogen-bond acceptors (Lipinski definition) is 6. The number of hydrogen-bond donors (Lipinski definition) is 1. The third-order valence-electron chi connectivity index (χ3n) is 4.44. The van der Waals surface area contributed by atoms with Crippen molar-refractivity contribution in [3.05, 3.63) is 46.7 Å². The predicted molar refractivity (Wildman–Crippen MR) is 98.9 cm³/mol. The van der Waals surface area contributed by atoms with Gasteiger partial charge in [0.15, 0.2) is 0 Å².